The number of rotatable bonds is 2. The fraction of sp³-hybridized carbons (Fsp3) is 0.200. The van der Waals surface area contributed by atoms with Crippen molar-refractivity contribution in [2.24, 2.45) is 4.99 Å². The van der Waals surface area contributed by atoms with E-state index in [2.05, 4.69) is 15.0 Å². The van der Waals surface area contributed by atoms with Crippen LogP contribution >= 0.6 is 11.3 Å². The number of nitrogens with zero attached hydrogens (tertiary/aromatic N) is 1. The summed E-state index contributed by atoms with van der Waals surface area (Å²) in [5.74, 6) is -0.292. The molecule has 0 atom stereocenters. The Morgan fingerprint density at radius 3 is 3.13 bits per heavy atom. The number of ether oxygens (including phenoxy) is 1. The number of hydrogen-bond donors (Lipinski definition) is 1. The van der Waals surface area contributed by atoms with Crippen LogP contribution in [0, 0.1) is 0 Å². The zero-order chi connectivity index (χ0) is 10.7. The summed E-state index contributed by atoms with van der Waals surface area (Å²) in [6.07, 6.45) is 3.54. The third kappa shape index (κ3) is 2.07. The maximum absolute atomic E-state index is 11.2. The third-order valence-corrected chi connectivity index (χ3v) is 3.13. The molecule has 2 heterocycles. The van der Waals surface area contributed by atoms with Crippen molar-refractivity contribution in [3.8, 4) is 0 Å². The number of hydrogen-bond acceptors (Lipinski definition) is 5. The SMILES string of the molecule is COC(=O)c1ccc(C2=CNC=NC2)s1. The maximum atomic E-state index is 11.2. The molecule has 4 nitrogen and oxygen atoms in total. The van der Waals surface area contributed by atoms with Gasteiger partial charge in [0, 0.05) is 16.7 Å². The summed E-state index contributed by atoms with van der Waals surface area (Å²) in [7, 11) is 1.38. The Morgan fingerprint density at radius 2 is 2.47 bits per heavy atom. The van der Waals surface area contributed by atoms with Gasteiger partial charge in [0.25, 0.3) is 0 Å². The van der Waals surface area contributed by atoms with Gasteiger partial charge in [0.15, 0.2) is 0 Å². The van der Waals surface area contributed by atoms with Crippen LogP contribution in [0.1, 0.15) is 14.5 Å². The third-order valence-electron chi connectivity index (χ3n) is 1.99. The Balaban J connectivity index is 2.20. The molecule has 15 heavy (non-hydrogen) atoms. The van der Waals surface area contributed by atoms with E-state index < -0.39 is 0 Å². The zero-order valence-corrected chi connectivity index (χ0v) is 9.00. The van der Waals surface area contributed by atoms with Gasteiger partial charge in [0.1, 0.15) is 4.88 Å². The van der Waals surface area contributed by atoms with Crippen LogP contribution in [-0.2, 0) is 4.74 Å². The van der Waals surface area contributed by atoms with E-state index in [0.29, 0.717) is 11.4 Å². The average molecular weight is 222 g/mol. The number of nitrogens with one attached hydrogen (secondary N) is 1. The first kappa shape index (κ1) is 9.92. The van der Waals surface area contributed by atoms with Crippen molar-refractivity contribution < 1.29 is 9.53 Å². The Labute approximate surface area is 91.3 Å². The van der Waals surface area contributed by atoms with Gasteiger partial charge >= 0.3 is 5.97 Å². The molecule has 1 aromatic heterocycles. The number of carbonyl (C=O) groups is 1. The molecule has 0 aromatic carbocycles. The van der Waals surface area contributed by atoms with Gasteiger partial charge < -0.3 is 10.1 Å². The van der Waals surface area contributed by atoms with Crippen molar-refractivity contribution in [1.29, 1.82) is 0 Å². The number of methoxy groups -OCH3 is 1. The van der Waals surface area contributed by atoms with E-state index in [1.54, 1.807) is 12.4 Å². The first-order valence-corrected chi connectivity index (χ1v) is 5.25. The molecule has 1 aliphatic heterocycles. The summed E-state index contributed by atoms with van der Waals surface area (Å²) in [5, 5.41) is 2.92. The molecular formula is C10H10N2O2S. The van der Waals surface area contributed by atoms with Crippen LogP contribution in [-0.4, -0.2) is 26.0 Å². The number of carbonyl (C=O) groups excluding carboxylic acids is 1. The van der Waals surface area contributed by atoms with Crippen LogP contribution in [0.4, 0.5) is 0 Å². The van der Waals surface area contributed by atoms with E-state index in [0.717, 1.165) is 10.5 Å². The van der Waals surface area contributed by atoms with Crippen molar-refractivity contribution in [3.63, 3.8) is 0 Å². The molecule has 0 spiro atoms. The molecule has 1 aromatic rings. The highest BCUT2D eigenvalue weighted by atomic mass is 32.1. The Hall–Kier alpha value is -1.62. The molecule has 0 radical (unpaired) electrons. The van der Waals surface area contributed by atoms with Crippen LogP contribution in [0.25, 0.3) is 5.57 Å². The monoisotopic (exact) mass is 222 g/mol. The molecule has 0 amide bonds. The van der Waals surface area contributed by atoms with Crippen molar-refractivity contribution in [3.05, 3.63) is 28.1 Å². The Kier molecular flexibility index (Phi) is 2.82. The second-order valence-electron chi connectivity index (χ2n) is 2.96. The van der Waals surface area contributed by atoms with E-state index in [4.69, 9.17) is 0 Å². The predicted molar refractivity (Wildman–Crippen MR) is 60.1 cm³/mol. The van der Waals surface area contributed by atoms with Crippen molar-refractivity contribution in [1.82, 2.24) is 5.32 Å². The van der Waals surface area contributed by atoms with E-state index in [-0.39, 0.29) is 5.97 Å². The molecule has 5 heteroatoms. The lowest BCUT2D eigenvalue weighted by atomic mass is 10.2. The zero-order valence-electron chi connectivity index (χ0n) is 8.19. The van der Waals surface area contributed by atoms with Crippen molar-refractivity contribution >= 4 is 29.2 Å². The molecule has 0 unspecified atom stereocenters. The molecule has 0 saturated heterocycles. The normalized spacial score (nSPS) is 14.3. The lowest BCUT2D eigenvalue weighted by Crippen LogP contribution is -2.08. The van der Waals surface area contributed by atoms with Crippen LogP contribution in [0.15, 0.2) is 23.3 Å². The molecule has 0 bridgehead atoms. The van der Waals surface area contributed by atoms with Gasteiger partial charge in [-0.15, -0.1) is 11.3 Å². The average Bonchev–Trinajstić information content (AvgIpc) is 2.78. The standard InChI is InChI=1S/C10H10N2O2S/c1-14-10(13)9-3-2-8(15-9)7-4-11-6-12-5-7/h2-4,6H,5H2,1H3,(H,11,12). The van der Waals surface area contributed by atoms with Gasteiger partial charge in [0.2, 0.25) is 0 Å². The minimum atomic E-state index is -0.292. The van der Waals surface area contributed by atoms with Gasteiger partial charge in [0.05, 0.1) is 20.0 Å². The fourth-order valence-electron chi connectivity index (χ4n) is 1.25. The quantitative estimate of drug-likeness (QED) is 0.772. The predicted octanol–water partition coefficient (Wildman–Crippen LogP) is 1.51. The first-order chi connectivity index (χ1) is 7.31. The van der Waals surface area contributed by atoms with E-state index in [1.807, 2.05) is 12.3 Å². The molecule has 0 fully saturated rings. The Morgan fingerprint density at radius 1 is 1.60 bits per heavy atom. The smallest absolute Gasteiger partial charge is 0.348 e. The molecule has 78 valence electrons. The summed E-state index contributed by atoms with van der Waals surface area (Å²) in [6.45, 7) is 0.647. The number of esters is 1. The summed E-state index contributed by atoms with van der Waals surface area (Å²) in [4.78, 5) is 17.0. The first-order valence-electron chi connectivity index (χ1n) is 4.43. The summed E-state index contributed by atoms with van der Waals surface area (Å²) >= 11 is 1.42. The van der Waals surface area contributed by atoms with E-state index in [1.165, 1.54) is 18.4 Å². The topological polar surface area (TPSA) is 50.7 Å². The Bertz CT molecular complexity index is 434. The molecule has 1 aliphatic rings. The molecule has 1 N–H and O–H groups in total. The van der Waals surface area contributed by atoms with Crippen LogP contribution < -0.4 is 5.32 Å². The second kappa shape index (κ2) is 4.27. The number of thiophene rings is 1. The van der Waals surface area contributed by atoms with Gasteiger partial charge in [-0.2, -0.15) is 0 Å². The molecule has 2 rings (SSSR count). The van der Waals surface area contributed by atoms with Gasteiger partial charge in [-0.3, -0.25) is 4.99 Å². The lowest BCUT2D eigenvalue weighted by molar-refractivity contribution is 0.0606. The van der Waals surface area contributed by atoms with Crippen molar-refractivity contribution in [2.75, 3.05) is 13.7 Å². The summed E-state index contributed by atoms with van der Waals surface area (Å²) < 4.78 is 4.64. The number of aliphatic imine (C=N–C) groups is 1. The van der Waals surface area contributed by atoms with Crippen LogP contribution in [0.2, 0.25) is 0 Å². The lowest BCUT2D eigenvalue weighted by Gasteiger charge is -2.05. The van der Waals surface area contributed by atoms with Crippen LogP contribution in [0.5, 0.6) is 0 Å². The van der Waals surface area contributed by atoms with Gasteiger partial charge in [-0.05, 0) is 12.1 Å². The van der Waals surface area contributed by atoms with Gasteiger partial charge in [-0.25, -0.2) is 4.79 Å². The largest absolute Gasteiger partial charge is 0.465 e. The highest BCUT2D eigenvalue weighted by Gasteiger charge is 2.11. The minimum Gasteiger partial charge on any atom is -0.465 e. The second-order valence-corrected chi connectivity index (χ2v) is 4.05. The van der Waals surface area contributed by atoms with E-state index in [9.17, 15) is 4.79 Å². The molecule has 0 saturated carbocycles. The maximum Gasteiger partial charge on any atom is 0.348 e. The van der Waals surface area contributed by atoms with Gasteiger partial charge in [-0.1, -0.05) is 0 Å². The molecular weight excluding hydrogens is 212 g/mol. The summed E-state index contributed by atoms with van der Waals surface area (Å²) in [6, 6.07) is 3.68. The minimum absolute atomic E-state index is 0.292. The summed E-state index contributed by atoms with van der Waals surface area (Å²) in [5.41, 5.74) is 1.08. The fourth-order valence-corrected chi connectivity index (χ4v) is 2.18. The van der Waals surface area contributed by atoms with E-state index >= 15 is 0 Å². The molecule has 0 aliphatic carbocycles. The van der Waals surface area contributed by atoms with Crippen molar-refractivity contribution in [2.45, 2.75) is 0 Å². The highest BCUT2D eigenvalue weighted by Crippen LogP contribution is 2.25. The highest BCUT2D eigenvalue weighted by molar-refractivity contribution is 7.15. The van der Waals surface area contributed by atoms with Crippen LogP contribution in [0.3, 0.4) is 0 Å².